The summed E-state index contributed by atoms with van der Waals surface area (Å²) in [6, 6.07) is 44.9. The summed E-state index contributed by atoms with van der Waals surface area (Å²) in [6.07, 6.45) is 2.53. The summed E-state index contributed by atoms with van der Waals surface area (Å²) < 4.78 is 1.15. The van der Waals surface area contributed by atoms with Crippen LogP contribution in [0.4, 0.5) is 5.69 Å². The molecule has 0 amide bonds. The number of phenolic OH excluding ortho intramolecular Hbond substituents is 2. The Hall–Kier alpha value is -6.37. The Labute approximate surface area is 415 Å². The molecule has 0 spiro atoms. The molecule has 0 aliphatic carbocycles. The molecule has 0 saturated carbocycles. The van der Waals surface area contributed by atoms with E-state index in [1.807, 2.05) is 51.3 Å². The van der Waals surface area contributed by atoms with E-state index < -0.39 is 0 Å². The highest BCUT2D eigenvalue weighted by Crippen LogP contribution is 2.43. The van der Waals surface area contributed by atoms with Crippen LogP contribution in [0.3, 0.4) is 0 Å². The lowest BCUT2D eigenvalue weighted by atomic mass is 9.79. The van der Waals surface area contributed by atoms with Crippen LogP contribution in [0.25, 0.3) is 53.8 Å². The largest absolute Gasteiger partial charge is 0.507 e. The van der Waals surface area contributed by atoms with Gasteiger partial charge in [0.05, 0.1) is 21.5 Å². The molecule has 0 unspecified atom stereocenters. The normalized spacial score (nSPS) is 12.7. The van der Waals surface area contributed by atoms with Gasteiger partial charge >= 0.3 is 0 Å². The lowest BCUT2D eigenvalue weighted by Gasteiger charge is -2.27. The molecule has 0 fully saturated rings. The van der Waals surface area contributed by atoms with E-state index >= 15 is 0 Å². The minimum atomic E-state index is -0.215. The number of carbonyl (C=O) groups excluding carboxylic acids is 1. The van der Waals surface area contributed by atoms with Gasteiger partial charge in [-0.2, -0.15) is 0 Å². The maximum atomic E-state index is 11.4. The SMILES string of the molecule is CC(C)(C)c1cc(C=Nc2ccccc2-c2nc3c(-c4ccc(-c5ccc6ccccc6c5)cc4)cc(C(C)(C)C)cc3s2)c(O)c(C(C)(C)C)c1.CC(C)(C)c1cc(C=O)c(O)c(C(C)(C)C)c1. The summed E-state index contributed by atoms with van der Waals surface area (Å²) in [5.74, 6) is 0.396. The summed E-state index contributed by atoms with van der Waals surface area (Å²) in [7, 11) is 0. The van der Waals surface area contributed by atoms with Gasteiger partial charge in [-0.1, -0.05) is 189 Å². The van der Waals surface area contributed by atoms with Crippen molar-refractivity contribution in [3.63, 3.8) is 0 Å². The zero-order valence-electron chi connectivity index (χ0n) is 43.4. The van der Waals surface area contributed by atoms with E-state index in [-0.39, 0.29) is 38.6 Å². The number of rotatable bonds is 6. The fraction of sp³-hybridized carbons (Fsp3) is 0.317. The number of aromatic hydroxyl groups is 2. The highest BCUT2D eigenvalue weighted by Gasteiger charge is 2.27. The highest BCUT2D eigenvalue weighted by atomic mass is 32.1. The van der Waals surface area contributed by atoms with Crippen LogP contribution in [-0.4, -0.2) is 27.7 Å². The zero-order valence-corrected chi connectivity index (χ0v) is 44.2. The molecule has 0 atom stereocenters. The van der Waals surface area contributed by atoms with Gasteiger partial charge in [0.15, 0.2) is 6.29 Å². The second kappa shape index (κ2) is 18.8. The minimum absolute atomic E-state index is 0.0319. The van der Waals surface area contributed by atoms with Gasteiger partial charge in [-0.05, 0) is 114 Å². The van der Waals surface area contributed by atoms with Crippen molar-refractivity contribution in [2.24, 2.45) is 4.99 Å². The number of fused-ring (bicyclic) bond motifs is 2. The third kappa shape index (κ3) is 11.2. The van der Waals surface area contributed by atoms with Crippen LogP contribution in [0.15, 0.2) is 132 Å². The minimum Gasteiger partial charge on any atom is -0.507 e. The smallest absolute Gasteiger partial charge is 0.153 e. The molecule has 8 aromatic rings. The number of thiazole rings is 1. The van der Waals surface area contributed by atoms with E-state index in [2.05, 4.69) is 180 Å². The number of aromatic nitrogens is 1. The Morgan fingerprint density at radius 1 is 0.478 bits per heavy atom. The number of hydrogen-bond donors (Lipinski definition) is 2. The molecule has 2 N–H and O–H groups in total. The van der Waals surface area contributed by atoms with E-state index in [0.717, 1.165) is 66.1 Å². The highest BCUT2D eigenvalue weighted by molar-refractivity contribution is 7.21. The maximum absolute atomic E-state index is 11.4. The van der Waals surface area contributed by atoms with Crippen LogP contribution in [0.2, 0.25) is 0 Å². The lowest BCUT2D eigenvalue weighted by molar-refractivity contribution is 0.112. The van der Waals surface area contributed by atoms with Crippen molar-refractivity contribution in [1.82, 2.24) is 4.98 Å². The van der Waals surface area contributed by atoms with Gasteiger partial charge in [-0.3, -0.25) is 9.79 Å². The van der Waals surface area contributed by atoms with Crippen molar-refractivity contribution < 1.29 is 15.0 Å². The lowest BCUT2D eigenvalue weighted by Crippen LogP contribution is -2.17. The first-order chi connectivity index (χ1) is 32.1. The molecule has 1 aromatic heterocycles. The Kier molecular flexibility index (Phi) is 13.8. The Morgan fingerprint density at radius 2 is 0.971 bits per heavy atom. The van der Waals surface area contributed by atoms with Crippen LogP contribution in [-0.2, 0) is 27.1 Å². The maximum Gasteiger partial charge on any atom is 0.153 e. The third-order valence-corrected chi connectivity index (χ3v) is 13.9. The fourth-order valence-corrected chi connectivity index (χ4v) is 9.49. The van der Waals surface area contributed by atoms with E-state index in [1.165, 1.54) is 33.0 Å². The Morgan fingerprint density at radius 3 is 1.54 bits per heavy atom. The summed E-state index contributed by atoms with van der Waals surface area (Å²) in [5.41, 5.74) is 13.3. The summed E-state index contributed by atoms with van der Waals surface area (Å²) in [4.78, 5) is 21.4. The van der Waals surface area contributed by atoms with Gasteiger partial charge in [0, 0.05) is 34.0 Å². The number of aldehydes is 1. The van der Waals surface area contributed by atoms with Crippen LogP contribution in [0.5, 0.6) is 11.5 Å². The monoisotopic (exact) mass is 935 g/mol. The number of nitrogens with zero attached hydrogens (tertiary/aromatic N) is 2. The van der Waals surface area contributed by atoms with E-state index in [4.69, 9.17) is 9.98 Å². The molecule has 0 aliphatic rings. The topological polar surface area (TPSA) is 82.8 Å². The van der Waals surface area contributed by atoms with Gasteiger partial charge in [-0.25, -0.2) is 4.98 Å². The van der Waals surface area contributed by atoms with Crippen molar-refractivity contribution >= 4 is 50.5 Å². The van der Waals surface area contributed by atoms with Gasteiger partial charge in [0.2, 0.25) is 0 Å². The summed E-state index contributed by atoms with van der Waals surface area (Å²) in [5, 5.41) is 24.9. The van der Waals surface area contributed by atoms with Crippen molar-refractivity contribution in [1.29, 1.82) is 0 Å². The predicted octanol–water partition coefficient (Wildman–Crippen LogP) is 17.6. The number of benzene rings is 7. The number of phenols is 2. The Bertz CT molecular complexity index is 3210. The quantitative estimate of drug-likeness (QED) is 0.129. The molecule has 0 aliphatic heterocycles. The summed E-state index contributed by atoms with van der Waals surface area (Å²) >= 11 is 1.71. The zero-order chi connectivity index (χ0) is 50.4. The van der Waals surface area contributed by atoms with Crippen LogP contribution in [0, 0.1) is 0 Å². The molecule has 1 heterocycles. The van der Waals surface area contributed by atoms with Crippen LogP contribution >= 0.6 is 11.3 Å². The number of aliphatic imine (C=N–C) groups is 1. The van der Waals surface area contributed by atoms with Gasteiger partial charge < -0.3 is 10.2 Å². The number of para-hydroxylation sites is 1. The van der Waals surface area contributed by atoms with Crippen molar-refractivity contribution in [3.05, 3.63) is 166 Å². The number of carbonyl (C=O) groups is 1. The molecule has 6 heteroatoms. The van der Waals surface area contributed by atoms with Gasteiger partial charge in [0.25, 0.3) is 0 Å². The van der Waals surface area contributed by atoms with E-state index in [1.54, 1.807) is 17.4 Å². The van der Waals surface area contributed by atoms with E-state index in [9.17, 15) is 15.0 Å². The van der Waals surface area contributed by atoms with Crippen molar-refractivity contribution in [3.8, 4) is 44.3 Å². The third-order valence-electron chi connectivity index (χ3n) is 12.9. The summed E-state index contributed by atoms with van der Waals surface area (Å²) in [6.45, 7) is 32.2. The molecule has 8 rings (SSSR count). The Balaban J connectivity index is 0.000000351. The first-order valence-corrected chi connectivity index (χ1v) is 24.8. The average Bonchev–Trinajstić information content (AvgIpc) is 3.71. The molecular formula is C63H70N2O3S. The van der Waals surface area contributed by atoms with Gasteiger partial charge in [0.1, 0.15) is 16.5 Å². The number of hydrogen-bond acceptors (Lipinski definition) is 6. The predicted molar refractivity (Wildman–Crippen MR) is 296 cm³/mol. The molecule has 0 saturated heterocycles. The van der Waals surface area contributed by atoms with Crippen molar-refractivity contribution in [2.75, 3.05) is 0 Å². The fourth-order valence-electron chi connectivity index (χ4n) is 8.43. The van der Waals surface area contributed by atoms with Crippen molar-refractivity contribution in [2.45, 2.75) is 131 Å². The molecule has 69 heavy (non-hydrogen) atoms. The standard InChI is InChI=1S/C48H48N2OS.C15H22O2/c1-46(2,3)36-25-35(44(51)40(27-36)48(7,8)9)29-49-41-17-13-12-16-38(41)45-50-43-39(26-37(47(4,5)6)28-42(43)52-45)32-21-18-31(19-22-32)34-23-20-30-14-10-11-15-33(30)24-34;1-14(2,3)11-7-10(9-16)13(17)12(8-11)15(4,5)6/h10-29,51H,1-9H3;7-9,17H,1-6H3. The first kappa shape index (κ1) is 50.5. The molecule has 7 aromatic carbocycles. The molecule has 0 radical (unpaired) electrons. The van der Waals surface area contributed by atoms with Gasteiger partial charge in [-0.15, -0.1) is 11.3 Å². The molecule has 0 bridgehead atoms. The van der Waals surface area contributed by atoms with Crippen LogP contribution in [0.1, 0.15) is 148 Å². The second-order valence-electron chi connectivity index (χ2n) is 23.6. The molecular weight excluding hydrogens is 865 g/mol. The van der Waals surface area contributed by atoms with E-state index in [0.29, 0.717) is 5.56 Å². The molecule has 356 valence electrons. The second-order valence-corrected chi connectivity index (χ2v) is 24.6. The molecule has 5 nitrogen and oxygen atoms in total. The average molecular weight is 935 g/mol. The first-order valence-electron chi connectivity index (χ1n) is 24.0. The van der Waals surface area contributed by atoms with Crippen LogP contribution < -0.4 is 0 Å².